The zero-order valence-corrected chi connectivity index (χ0v) is 16.9. The van der Waals surface area contributed by atoms with E-state index in [1.807, 2.05) is 24.3 Å². The molecule has 0 radical (unpaired) electrons. The summed E-state index contributed by atoms with van der Waals surface area (Å²) >= 11 is 0. The molecule has 2 N–H and O–H groups in total. The van der Waals surface area contributed by atoms with Crippen LogP contribution >= 0.6 is 0 Å². The number of nitrogens with one attached hydrogen (secondary N) is 2. The highest BCUT2D eigenvalue weighted by molar-refractivity contribution is 6.32. The van der Waals surface area contributed by atoms with Crippen molar-refractivity contribution in [1.82, 2.24) is 4.98 Å². The van der Waals surface area contributed by atoms with Crippen molar-refractivity contribution in [2.24, 2.45) is 0 Å². The molecule has 4 aromatic rings. The summed E-state index contributed by atoms with van der Waals surface area (Å²) < 4.78 is 13.7. The minimum atomic E-state index is -0.227. The number of allylic oxidation sites excluding steroid dienone is 1. The molecule has 0 fully saturated rings. The minimum Gasteiger partial charge on any atom is -1.00 e. The number of hydrogen-bond acceptors (Lipinski definition) is 0. The van der Waals surface area contributed by atoms with Gasteiger partial charge in [-0.2, -0.15) is 0 Å². The molecule has 4 heteroatoms. The van der Waals surface area contributed by atoms with Crippen molar-refractivity contribution in [3.63, 3.8) is 0 Å². The van der Waals surface area contributed by atoms with Gasteiger partial charge in [-0.15, -0.1) is 0 Å². The van der Waals surface area contributed by atoms with Crippen LogP contribution in [0.5, 0.6) is 0 Å². The molecule has 0 amide bonds. The summed E-state index contributed by atoms with van der Waals surface area (Å²) in [5.74, 6) is -0.227. The van der Waals surface area contributed by atoms with Crippen LogP contribution in [0, 0.1) is 12.7 Å². The number of rotatable bonds is 2. The number of aromatic nitrogens is 1. The van der Waals surface area contributed by atoms with E-state index in [1.54, 1.807) is 0 Å². The lowest BCUT2D eigenvalue weighted by molar-refractivity contribution is -0.349. The molecule has 0 spiro atoms. The highest BCUT2D eigenvalue weighted by Crippen LogP contribution is 2.40. The molecule has 144 valence electrons. The van der Waals surface area contributed by atoms with Crippen LogP contribution in [0.3, 0.4) is 0 Å². The fourth-order valence-corrected chi connectivity index (χ4v) is 4.23. The summed E-state index contributed by atoms with van der Waals surface area (Å²) in [6, 6.07) is 23.5. The Hall–Kier alpha value is -3.17. The number of benzene rings is 3. The van der Waals surface area contributed by atoms with Crippen LogP contribution in [0.4, 0.5) is 10.1 Å². The smallest absolute Gasteiger partial charge is 0.211 e. The predicted molar refractivity (Wildman–Crippen MR) is 113 cm³/mol. The highest BCUT2D eigenvalue weighted by atomic mass is 35.5. The van der Waals surface area contributed by atoms with Crippen LogP contribution < -0.4 is 17.4 Å². The molecule has 2 nitrogen and oxygen atoms in total. The first-order valence-corrected chi connectivity index (χ1v) is 9.42. The number of para-hydroxylation sites is 2. The molecule has 1 aliphatic rings. The third-order valence-corrected chi connectivity index (χ3v) is 5.42. The topological polar surface area (TPSA) is 29.8 Å². The van der Waals surface area contributed by atoms with E-state index in [4.69, 9.17) is 0 Å². The van der Waals surface area contributed by atoms with Crippen molar-refractivity contribution in [2.75, 3.05) is 0 Å². The van der Waals surface area contributed by atoms with E-state index < -0.39 is 0 Å². The summed E-state index contributed by atoms with van der Waals surface area (Å²) in [7, 11) is 0. The average Bonchev–Trinajstić information content (AvgIpc) is 3.20. The van der Waals surface area contributed by atoms with E-state index in [-0.39, 0.29) is 18.2 Å². The second kappa shape index (κ2) is 7.34. The second-order valence-electron chi connectivity index (χ2n) is 7.22. The van der Waals surface area contributed by atoms with Crippen molar-refractivity contribution >= 4 is 33.4 Å². The van der Waals surface area contributed by atoms with Gasteiger partial charge in [0, 0.05) is 40.7 Å². The number of aromatic amines is 1. The van der Waals surface area contributed by atoms with Crippen LogP contribution in [0.25, 0.3) is 22.0 Å². The van der Waals surface area contributed by atoms with Crippen molar-refractivity contribution in [2.45, 2.75) is 13.8 Å². The quantitative estimate of drug-likeness (QED) is 0.512. The van der Waals surface area contributed by atoms with Gasteiger partial charge in [0.1, 0.15) is 5.82 Å². The molecule has 1 aliphatic heterocycles. The van der Waals surface area contributed by atoms with Gasteiger partial charge in [0.15, 0.2) is 5.71 Å². The second-order valence-corrected chi connectivity index (χ2v) is 7.22. The van der Waals surface area contributed by atoms with E-state index in [0.29, 0.717) is 0 Å². The first-order valence-electron chi connectivity index (χ1n) is 9.42. The molecular weight excluding hydrogens is 383 g/mol. The van der Waals surface area contributed by atoms with E-state index in [2.05, 4.69) is 60.2 Å². The SMILES string of the molecule is CC1=[NH+]c2ccccc2C1=C(c1ccc(F)cc1)c1c(C)[nH]c2ccccc12.[Cl-]. The Morgan fingerprint density at radius 3 is 2.34 bits per heavy atom. The van der Waals surface area contributed by atoms with Gasteiger partial charge < -0.3 is 17.4 Å². The fraction of sp³-hybridized carbons (Fsp3) is 0.0800. The highest BCUT2D eigenvalue weighted by Gasteiger charge is 2.30. The van der Waals surface area contributed by atoms with E-state index in [1.165, 1.54) is 23.1 Å². The lowest BCUT2D eigenvalue weighted by Gasteiger charge is -2.13. The molecule has 0 unspecified atom stereocenters. The van der Waals surface area contributed by atoms with Gasteiger partial charge in [0.2, 0.25) is 5.69 Å². The number of fused-ring (bicyclic) bond motifs is 2. The Bertz CT molecular complexity index is 1280. The molecule has 1 aromatic heterocycles. The molecule has 0 atom stereocenters. The maximum Gasteiger partial charge on any atom is 0.211 e. The van der Waals surface area contributed by atoms with Crippen molar-refractivity contribution < 1.29 is 21.8 Å². The van der Waals surface area contributed by atoms with Crippen LogP contribution in [0.15, 0.2) is 72.8 Å². The Balaban J connectivity index is 0.00000205. The third-order valence-electron chi connectivity index (χ3n) is 5.42. The van der Waals surface area contributed by atoms with E-state index in [9.17, 15) is 4.39 Å². The molecule has 3 aromatic carbocycles. The summed E-state index contributed by atoms with van der Waals surface area (Å²) in [5, 5.41) is 1.17. The fourth-order valence-electron chi connectivity index (χ4n) is 4.23. The van der Waals surface area contributed by atoms with Gasteiger partial charge >= 0.3 is 0 Å². The molecule has 0 saturated heterocycles. The molecule has 0 saturated carbocycles. The Labute approximate surface area is 175 Å². The Morgan fingerprint density at radius 1 is 0.862 bits per heavy atom. The standard InChI is InChI=1S/C25H19FN2.ClH/c1-15-23(19-7-3-5-9-21(19)27-15)25(17-11-13-18(26)14-12-17)24-16(2)28-22-10-6-4-8-20(22)24;/h3-14,27H,1-2H3;1H. The zero-order chi connectivity index (χ0) is 19.3. The van der Waals surface area contributed by atoms with Gasteiger partial charge in [0.25, 0.3) is 0 Å². The van der Waals surface area contributed by atoms with Crippen LogP contribution in [0.1, 0.15) is 29.3 Å². The van der Waals surface area contributed by atoms with E-state index >= 15 is 0 Å². The van der Waals surface area contributed by atoms with E-state index in [0.717, 1.165) is 44.9 Å². The third kappa shape index (κ3) is 3.08. The normalized spacial score (nSPS) is 14.4. The average molecular weight is 403 g/mol. The van der Waals surface area contributed by atoms with Gasteiger partial charge in [-0.1, -0.05) is 42.5 Å². The van der Waals surface area contributed by atoms with Crippen molar-refractivity contribution in [1.29, 1.82) is 0 Å². The molecular formula is C25H20ClFN2. The van der Waals surface area contributed by atoms with Crippen LogP contribution in [-0.4, -0.2) is 10.7 Å². The lowest BCUT2D eigenvalue weighted by Crippen LogP contribution is -3.00. The molecule has 29 heavy (non-hydrogen) atoms. The summed E-state index contributed by atoms with van der Waals surface area (Å²) in [6.45, 7) is 4.20. The van der Waals surface area contributed by atoms with Crippen LogP contribution in [0.2, 0.25) is 0 Å². The minimum absolute atomic E-state index is 0. The summed E-state index contributed by atoms with van der Waals surface area (Å²) in [4.78, 5) is 7.03. The van der Waals surface area contributed by atoms with Gasteiger partial charge in [-0.25, -0.2) is 9.38 Å². The summed E-state index contributed by atoms with van der Waals surface area (Å²) in [6.07, 6.45) is 0. The van der Waals surface area contributed by atoms with Crippen molar-refractivity contribution in [3.8, 4) is 0 Å². The maximum atomic E-state index is 13.7. The number of halogens is 2. The number of aryl methyl sites for hydroxylation is 1. The monoisotopic (exact) mass is 402 g/mol. The van der Waals surface area contributed by atoms with Gasteiger partial charge in [-0.3, -0.25) is 0 Å². The number of hydrogen-bond donors (Lipinski definition) is 2. The number of H-pyrrole nitrogens is 1. The Kier molecular flexibility index (Phi) is 4.85. The van der Waals surface area contributed by atoms with Gasteiger partial charge in [0.05, 0.1) is 11.1 Å². The zero-order valence-electron chi connectivity index (χ0n) is 16.2. The van der Waals surface area contributed by atoms with Crippen molar-refractivity contribution in [3.05, 3.63) is 101 Å². The maximum absolute atomic E-state index is 13.7. The first-order chi connectivity index (χ1) is 13.6. The molecule has 0 bridgehead atoms. The molecule has 0 aliphatic carbocycles. The lowest BCUT2D eigenvalue weighted by atomic mass is 9.87. The predicted octanol–water partition coefficient (Wildman–Crippen LogP) is 1.77. The first kappa shape index (κ1) is 19.2. The van der Waals surface area contributed by atoms with Crippen LogP contribution in [-0.2, 0) is 0 Å². The Morgan fingerprint density at radius 2 is 1.55 bits per heavy atom. The van der Waals surface area contributed by atoms with Gasteiger partial charge in [-0.05, 0) is 36.8 Å². The molecule has 5 rings (SSSR count). The molecule has 2 heterocycles. The largest absolute Gasteiger partial charge is 1.00 e. The summed E-state index contributed by atoms with van der Waals surface area (Å²) in [5.41, 5.74) is 10.0.